The van der Waals surface area contributed by atoms with E-state index >= 15 is 0 Å². The van der Waals surface area contributed by atoms with E-state index in [9.17, 15) is 0 Å². The normalized spacial score (nSPS) is 13.2. The molecule has 0 spiro atoms. The first kappa shape index (κ1) is 22.4. The molecule has 1 aliphatic carbocycles. The van der Waals surface area contributed by atoms with E-state index in [0.29, 0.717) is 17.5 Å². The van der Waals surface area contributed by atoms with Gasteiger partial charge in [0.1, 0.15) is 11.2 Å². The molecular formula is C34H25N3O. The van der Waals surface area contributed by atoms with Gasteiger partial charge in [0.05, 0.1) is 0 Å². The maximum Gasteiger partial charge on any atom is 0.164 e. The summed E-state index contributed by atoms with van der Waals surface area (Å²) < 4.78 is 6.20. The molecule has 0 unspecified atom stereocenters. The molecule has 4 nitrogen and oxygen atoms in total. The molecule has 0 saturated heterocycles. The lowest BCUT2D eigenvalue weighted by molar-refractivity contribution is 0.669. The highest BCUT2D eigenvalue weighted by Gasteiger charge is 2.18. The number of hydrogen-bond donors (Lipinski definition) is 0. The Labute approximate surface area is 221 Å². The molecule has 0 N–H and O–H groups in total. The Hall–Kier alpha value is -4.83. The largest absolute Gasteiger partial charge is 0.456 e. The zero-order valence-corrected chi connectivity index (χ0v) is 21.1. The van der Waals surface area contributed by atoms with Crippen molar-refractivity contribution in [3.8, 4) is 33.9 Å². The second-order valence-corrected chi connectivity index (χ2v) is 9.67. The first-order valence-corrected chi connectivity index (χ1v) is 12.9. The van der Waals surface area contributed by atoms with Crippen LogP contribution in [0.15, 0.2) is 114 Å². The summed E-state index contributed by atoms with van der Waals surface area (Å²) in [6.07, 6.45) is 8.52. The molecule has 7 rings (SSSR count). The van der Waals surface area contributed by atoms with E-state index in [1.54, 1.807) is 0 Å². The van der Waals surface area contributed by atoms with Crippen LogP contribution in [0.5, 0.6) is 0 Å². The van der Waals surface area contributed by atoms with Gasteiger partial charge in [0.15, 0.2) is 17.5 Å². The van der Waals surface area contributed by atoms with Crippen LogP contribution >= 0.6 is 0 Å². The first-order valence-electron chi connectivity index (χ1n) is 12.9. The van der Waals surface area contributed by atoms with E-state index in [-0.39, 0.29) is 0 Å². The van der Waals surface area contributed by atoms with E-state index in [0.717, 1.165) is 62.6 Å². The zero-order chi connectivity index (χ0) is 25.5. The van der Waals surface area contributed by atoms with E-state index in [4.69, 9.17) is 19.4 Å². The number of aromatic nitrogens is 3. The van der Waals surface area contributed by atoms with Crippen LogP contribution in [0.4, 0.5) is 0 Å². The van der Waals surface area contributed by atoms with Gasteiger partial charge in [0.25, 0.3) is 0 Å². The van der Waals surface area contributed by atoms with Crippen LogP contribution in [0.25, 0.3) is 61.4 Å². The van der Waals surface area contributed by atoms with Crippen molar-refractivity contribution in [1.82, 2.24) is 15.0 Å². The van der Waals surface area contributed by atoms with Crippen LogP contribution in [0.2, 0.25) is 0 Å². The molecule has 0 bridgehead atoms. The van der Waals surface area contributed by atoms with Crippen molar-refractivity contribution in [3.63, 3.8) is 0 Å². The highest BCUT2D eigenvalue weighted by Crippen LogP contribution is 2.37. The lowest BCUT2D eigenvalue weighted by atomic mass is 10.0. The average molecular weight is 492 g/mol. The maximum absolute atomic E-state index is 6.20. The van der Waals surface area contributed by atoms with Crippen molar-refractivity contribution in [1.29, 1.82) is 0 Å². The monoisotopic (exact) mass is 491 g/mol. The Morgan fingerprint density at radius 1 is 0.632 bits per heavy atom. The van der Waals surface area contributed by atoms with Gasteiger partial charge in [0.2, 0.25) is 0 Å². The van der Waals surface area contributed by atoms with E-state index in [1.807, 2.05) is 24.3 Å². The second kappa shape index (κ2) is 9.24. The first-order chi connectivity index (χ1) is 18.7. The van der Waals surface area contributed by atoms with Crippen molar-refractivity contribution < 1.29 is 4.42 Å². The van der Waals surface area contributed by atoms with Gasteiger partial charge >= 0.3 is 0 Å². The van der Waals surface area contributed by atoms with Gasteiger partial charge in [0, 0.05) is 27.5 Å². The SMILES string of the molecule is Cc1ccc2oc3cccc(-c4nc(C5=CCCC=C5)nc(-c5cccc(-c6ccccc6)c5)n4)c3c2c1. The van der Waals surface area contributed by atoms with Crippen LogP contribution in [-0.2, 0) is 0 Å². The van der Waals surface area contributed by atoms with Gasteiger partial charge in [-0.25, -0.2) is 15.0 Å². The third-order valence-corrected chi connectivity index (χ3v) is 7.01. The fourth-order valence-electron chi connectivity index (χ4n) is 5.13. The van der Waals surface area contributed by atoms with Crippen LogP contribution in [-0.4, -0.2) is 15.0 Å². The molecule has 4 aromatic carbocycles. The van der Waals surface area contributed by atoms with Crippen molar-refractivity contribution in [2.45, 2.75) is 19.8 Å². The van der Waals surface area contributed by atoms with Crippen LogP contribution in [0, 0.1) is 6.92 Å². The smallest absolute Gasteiger partial charge is 0.164 e. The Balaban J connectivity index is 1.46. The molecular weight excluding hydrogens is 466 g/mol. The van der Waals surface area contributed by atoms with Crippen molar-refractivity contribution >= 4 is 27.5 Å². The van der Waals surface area contributed by atoms with Crippen LogP contribution < -0.4 is 0 Å². The lowest BCUT2D eigenvalue weighted by Gasteiger charge is -2.12. The molecule has 0 aliphatic heterocycles. The summed E-state index contributed by atoms with van der Waals surface area (Å²) in [7, 11) is 0. The Morgan fingerprint density at radius 3 is 2.29 bits per heavy atom. The van der Waals surface area contributed by atoms with E-state index in [1.165, 1.54) is 5.56 Å². The predicted molar refractivity (Wildman–Crippen MR) is 155 cm³/mol. The van der Waals surface area contributed by atoms with Crippen LogP contribution in [0.3, 0.4) is 0 Å². The predicted octanol–water partition coefficient (Wildman–Crippen LogP) is 8.81. The third-order valence-electron chi connectivity index (χ3n) is 7.01. The highest BCUT2D eigenvalue weighted by molar-refractivity contribution is 6.12. The molecule has 0 amide bonds. The molecule has 6 aromatic rings. The summed E-state index contributed by atoms with van der Waals surface area (Å²) >= 11 is 0. The van der Waals surface area contributed by atoms with E-state index < -0.39 is 0 Å². The van der Waals surface area contributed by atoms with Crippen molar-refractivity contribution in [2.24, 2.45) is 0 Å². The maximum atomic E-state index is 6.20. The minimum Gasteiger partial charge on any atom is -0.456 e. The fraction of sp³-hybridized carbons (Fsp3) is 0.0882. The molecule has 0 atom stereocenters. The molecule has 38 heavy (non-hydrogen) atoms. The minimum absolute atomic E-state index is 0.643. The van der Waals surface area contributed by atoms with Crippen LogP contribution in [0.1, 0.15) is 24.2 Å². The standard InChI is InChI=1S/C34H25N3O/c1-22-18-19-29-28(20-22)31-27(16-9-17-30(31)38-29)34-36-32(24-12-6-3-7-13-24)35-33(37-34)26-15-8-14-25(21-26)23-10-4-2-5-11-23/h2,4-6,8-21H,3,7H2,1H3. The molecule has 2 heterocycles. The highest BCUT2D eigenvalue weighted by atomic mass is 16.3. The molecule has 2 aromatic heterocycles. The number of furan rings is 1. The number of allylic oxidation sites excluding steroid dienone is 4. The van der Waals surface area contributed by atoms with Gasteiger partial charge < -0.3 is 4.42 Å². The topological polar surface area (TPSA) is 51.8 Å². The van der Waals surface area contributed by atoms with Crippen molar-refractivity contribution in [2.75, 3.05) is 0 Å². The second-order valence-electron chi connectivity index (χ2n) is 9.67. The lowest BCUT2D eigenvalue weighted by Crippen LogP contribution is -2.03. The number of fused-ring (bicyclic) bond motifs is 3. The number of benzene rings is 4. The van der Waals surface area contributed by atoms with Gasteiger partial charge in [-0.2, -0.15) is 0 Å². The zero-order valence-electron chi connectivity index (χ0n) is 21.1. The quantitative estimate of drug-likeness (QED) is 0.247. The summed E-state index contributed by atoms with van der Waals surface area (Å²) in [5, 5.41) is 2.10. The summed E-state index contributed by atoms with van der Waals surface area (Å²) in [6, 6.07) is 31.2. The summed E-state index contributed by atoms with van der Waals surface area (Å²) in [4.78, 5) is 15.0. The minimum atomic E-state index is 0.643. The Bertz CT molecular complexity index is 1880. The summed E-state index contributed by atoms with van der Waals surface area (Å²) in [6.45, 7) is 2.10. The summed E-state index contributed by atoms with van der Waals surface area (Å²) in [5.74, 6) is 1.99. The average Bonchev–Trinajstić information content (AvgIpc) is 3.36. The molecule has 4 heteroatoms. The molecule has 0 radical (unpaired) electrons. The number of aryl methyl sites for hydroxylation is 1. The van der Waals surface area contributed by atoms with E-state index in [2.05, 4.69) is 91.9 Å². The molecule has 1 aliphatic rings. The third kappa shape index (κ3) is 4.00. The Kier molecular flexibility index (Phi) is 5.44. The molecule has 182 valence electrons. The molecule has 0 fully saturated rings. The Morgan fingerprint density at radius 2 is 1.42 bits per heavy atom. The van der Waals surface area contributed by atoms with Gasteiger partial charge in [-0.3, -0.25) is 0 Å². The fourth-order valence-corrected chi connectivity index (χ4v) is 5.13. The number of rotatable bonds is 4. The number of hydrogen-bond acceptors (Lipinski definition) is 4. The summed E-state index contributed by atoms with van der Waals surface area (Å²) in [5.41, 5.74) is 8.08. The van der Waals surface area contributed by atoms with Gasteiger partial charge in [-0.15, -0.1) is 0 Å². The number of nitrogens with zero attached hydrogens (tertiary/aromatic N) is 3. The molecule has 0 saturated carbocycles. The van der Waals surface area contributed by atoms with Gasteiger partial charge in [-0.05, 0) is 55.2 Å². The van der Waals surface area contributed by atoms with Gasteiger partial charge in [-0.1, -0.05) is 90.5 Å². The van der Waals surface area contributed by atoms with Crippen molar-refractivity contribution in [3.05, 3.63) is 121 Å².